The highest BCUT2D eigenvalue weighted by atomic mass is 16.5. The second kappa shape index (κ2) is 5.61. The molecule has 1 aliphatic heterocycles. The number of hydrogen-bond donors (Lipinski definition) is 1. The van der Waals surface area contributed by atoms with Crippen molar-refractivity contribution in [3.63, 3.8) is 0 Å². The van der Waals surface area contributed by atoms with Crippen molar-refractivity contribution in [3.8, 4) is 5.75 Å². The number of anilines is 1. The van der Waals surface area contributed by atoms with E-state index in [1.165, 1.54) is 11.1 Å². The van der Waals surface area contributed by atoms with Gasteiger partial charge in [-0.2, -0.15) is 0 Å². The fourth-order valence-corrected chi connectivity index (χ4v) is 2.51. The number of benzene rings is 1. The summed E-state index contributed by atoms with van der Waals surface area (Å²) in [6.45, 7) is 7.76. The maximum absolute atomic E-state index is 12.2. The van der Waals surface area contributed by atoms with E-state index in [1.807, 2.05) is 17.0 Å². The first-order valence-corrected chi connectivity index (χ1v) is 6.75. The van der Waals surface area contributed by atoms with Gasteiger partial charge >= 0.3 is 0 Å². The molecule has 0 radical (unpaired) electrons. The Morgan fingerprint density at radius 3 is 2.68 bits per heavy atom. The third kappa shape index (κ3) is 2.73. The number of rotatable bonds is 4. The molecular formula is C15H22N2O2. The number of aryl methyl sites for hydroxylation is 2. The summed E-state index contributed by atoms with van der Waals surface area (Å²) in [7, 11) is 1.65. The van der Waals surface area contributed by atoms with Crippen LogP contribution in [0.5, 0.6) is 5.75 Å². The van der Waals surface area contributed by atoms with Gasteiger partial charge in [0.05, 0.1) is 12.8 Å². The van der Waals surface area contributed by atoms with Gasteiger partial charge in [0.15, 0.2) is 0 Å². The summed E-state index contributed by atoms with van der Waals surface area (Å²) in [6, 6.07) is 4.28. The van der Waals surface area contributed by atoms with Crippen LogP contribution in [0.1, 0.15) is 24.5 Å². The SMILES string of the molecule is CCNC1CC(=O)N(c2cc(C)c(C)cc2OC)C1. The first-order chi connectivity index (χ1) is 9.06. The predicted octanol–water partition coefficient (Wildman–Crippen LogP) is 2.03. The van der Waals surface area contributed by atoms with Crippen molar-refractivity contribution in [1.29, 1.82) is 0 Å². The number of likely N-dealkylation sites (N-methyl/N-ethyl adjacent to an activating group) is 1. The smallest absolute Gasteiger partial charge is 0.228 e. The minimum Gasteiger partial charge on any atom is -0.495 e. The zero-order valence-electron chi connectivity index (χ0n) is 12.1. The Kier molecular flexibility index (Phi) is 4.10. The number of carbonyl (C=O) groups is 1. The molecule has 4 nitrogen and oxygen atoms in total. The molecule has 1 fully saturated rings. The normalized spacial score (nSPS) is 19.1. The predicted molar refractivity (Wildman–Crippen MR) is 76.9 cm³/mol. The van der Waals surface area contributed by atoms with E-state index in [4.69, 9.17) is 4.74 Å². The van der Waals surface area contributed by atoms with Crippen molar-refractivity contribution in [3.05, 3.63) is 23.3 Å². The van der Waals surface area contributed by atoms with E-state index in [9.17, 15) is 4.79 Å². The average Bonchev–Trinajstić information content (AvgIpc) is 2.73. The molecule has 0 aromatic heterocycles. The summed E-state index contributed by atoms with van der Waals surface area (Å²) in [5.74, 6) is 0.932. The van der Waals surface area contributed by atoms with Crippen molar-refractivity contribution in [2.75, 3.05) is 25.1 Å². The van der Waals surface area contributed by atoms with Gasteiger partial charge < -0.3 is 15.0 Å². The molecule has 1 heterocycles. The molecule has 1 saturated heterocycles. The van der Waals surface area contributed by atoms with E-state index >= 15 is 0 Å². The molecular weight excluding hydrogens is 240 g/mol. The van der Waals surface area contributed by atoms with Crippen molar-refractivity contribution < 1.29 is 9.53 Å². The van der Waals surface area contributed by atoms with Gasteiger partial charge in [0.25, 0.3) is 0 Å². The molecule has 1 N–H and O–H groups in total. The van der Waals surface area contributed by atoms with Crippen LogP contribution in [-0.4, -0.2) is 32.1 Å². The monoisotopic (exact) mass is 262 g/mol. The van der Waals surface area contributed by atoms with E-state index in [0.29, 0.717) is 13.0 Å². The Morgan fingerprint density at radius 2 is 2.05 bits per heavy atom. The van der Waals surface area contributed by atoms with Crippen molar-refractivity contribution in [2.45, 2.75) is 33.2 Å². The van der Waals surface area contributed by atoms with Gasteiger partial charge in [-0.05, 0) is 43.7 Å². The van der Waals surface area contributed by atoms with Crippen LogP contribution >= 0.6 is 0 Å². The fraction of sp³-hybridized carbons (Fsp3) is 0.533. The van der Waals surface area contributed by atoms with Gasteiger partial charge in [-0.15, -0.1) is 0 Å². The lowest BCUT2D eigenvalue weighted by molar-refractivity contribution is -0.117. The van der Waals surface area contributed by atoms with Gasteiger partial charge in [0, 0.05) is 19.0 Å². The molecule has 0 saturated carbocycles. The average molecular weight is 262 g/mol. The van der Waals surface area contributed by atoms with E-state index in [2.05, 4.69) is 26.1 Å². The molecule has 0 aliphatic carbocycles. The molecule has 1 aromatic carbocycles. The maximum Gasteiger partial charge on any atom is 0.228 e. The number of ether oxygens (including phenoxy) is 1. The van der Waals surface area contributed by atoms with E-state index in [-0.39, 0.29) is 11.9 Å². The van der Waals surface area contributed by atoms with Crippen LogP contribution < -0.4 is 15.0 Å². The lowest BCUT2D eigenvalue weighted by atomic mass is 10.1. The third-order valence-corrected chi connectivity index (χ3v) is 3.70. The Labute approximate surface area is 114 Å². The molecule has 0 spiro atoms. The first kappa shape index (κ1) is 13.9. The number of hydrogen-bond acceptors (Lipinski definition) is 3. The zero-order valence-corrected chi connectivity index (χ0v) is 12.1. The van der Waals surface area contributed by atoms with E-state index < -0.39 is 0 Å². The highest BCUT2D eigenvalue weighted by molar-refractivity contribution is 5.97. The number of methoxy groups -OCH3 is 1. The Morgan fingerprint density at radius 1 is 1.37 bits per heavy atom. The minimum atomic E-state index is 0.160. The molecule has 0 bridgehead atoms. The largest absolute Gasteiger partial charge is 0.495 e. The zero-order chi connectivity index (χ0) is 14.0. The summed E-state index contributed by atoms with van der Waals surface area (Å²) in [5, 5.41) is 3.33. The van der Waals surface area contributed by atoms with Gasteiger partial charge in [-0.3, -0.25) is 4.79 Å². The Bertz CT molecular complexity index is 485. The molecule has 4 heteroatoms. The first-order valence-electron chi connectivity index (χ1n) is 6.75. The number of carbonyl (C=O) groups excluding carboxylic acids is 1. The van der Waals surface area contributed by atoms with Crippen molar-refractivity contribution in [2.24, 2.45) is 0 Å². The molecule has 1 amide bonds. The lowest BCUT2D eigenvalue weighted by Crippen LogP contribution is -2.32. The van der Waals surface area contributed by atoms with Gasteiger partial charge in [0.1, 0.15) is 5.75 Å². The topological polar surface area (TPSA) is 41.6 Å². The van der Waals surface area contributed by atoms with Gasteiger partial charge in [-0.25, -0.2) is 0 Å². The van der Waals surface area contributed by atoms with Crippen LogP contribution in [0, 0.1) is 13.8 Å². The van der Waals surface area contributed by atoms with E-state index in [0.717, 1.165) is 18.0 Å². The van der Waals surface area contributed by atoms with Crippen LogP contribution in [0.3, 0.4) is 0 Å². The second-order valence-electron chi connectivity index (χ2n) is 5.07. The summed E-state index contributed by atoms with van der Waals surface area (Å²) in [5.41, 5.74) is 3.24. The lowest BCUT2D eigenvalue weighted by Gasteiger charge is -2.21. The summed E-state index contributed by atoms with van der Waals surface area (Å²) >= 11 is 0. The van der Waals surface area contributed by atoms with Gasteiger partial charge in [0.2, 0.25) is 5.91 Å². The van der Waals surface area contributed by atoms with E-state index in [1.54, 1.807) is 7.11 Å². The molecule has 19 heavy (non-hydrogen) atoms. The van der Waals surface area contributed by atoms with Crippen molar-refractivity contribution in [1.82, 2.24) is 5.32 Å². The molecule has 1 unspecified atom stereocenters. The highest BCUT2D eigenvalue weighted by Gasteiger charge is 2.31. The quantitative estimate of drug-likeness (QED) is 0.902. The van der Waals surface area contributed by atoms with Crippen LogP contribution in [0.15, 0.2) is 12.1 Å². The third-order valence-electron chi connectivity index (χ3n) is 3.70. The van der Waals surface area contributed by atoms with Crippen LogP contribution in [0.2, 0.25) is 0 Å². The minimum absolute atomic E-state index is 0.160. The molecule has 2 rings (SSSR count). The van der Waals surface area contributed by atoms with Gasteiger partial charge in [-0.1, -0.05) is 6.92 Å². The molecule has 1 aromatic rings. The van der Waals surface area contributed by atoms with Crippen molar-refractivity contribution >= 4 is 11.6 Å². The maximum atomic E-state index is 12.2. The fourth-order valence-electron chi connectivity index (χ4n) is 2.51. The summed E-state index contributed by atoms with van der Waals surface area (Å²) in [4.78, 5) is 14.0. The number of amides is 1. The summed E-state index contributed by atoms with van der Waals surface area (Å²) in [6.07, 6.45) is 0.559. The highest BCUT2D eigenvalue weighted by Crippen LogP contribution is 2.33. The van der Waals surface area contributed by atoms with Crippen LogP contribution in [0.25, 0.3) is 0 Å². The Hall–Kier alpha value is -1.55. The standard InChI is InChI=1S/C15H22N2O2/c1-5-16-12-8-15(18)17(9-12)13-6-10(2)11(3)7-14(13)19-4/h6-7,12,16H,5,8-9H2,1-4H3. The summed E-state index contributed by atoms with van der Waals surface area (Å²) < 4.78 is 5.42. The number of nitrogens with zero attached hydrogens (tertiary/aromatic N) is 1. The van der Waals surface area contributed by atoms with Crippen LogP contribution in [-0.2, 0) is 4.79 Å². The molecule has 104 valence electrons. The Balaban J connectivity index is 2.31. The van der Waals surface area contributed by atoms with Crippen LogP contribution in [0.4, 0.5) is 5.69 Å². The molecule has 1 aliphatic rings. The molecule has 1 atom stereocenters. The number of nitrogens with one attached hydrogen (secondary N) is 1. The second-order valence-corrected chi connectivity index (χ2v) is 5.07.